The summed E-state index contributed by atoms with van der Waals surface area (Å²) in [6.07, 6.45) is 5.34. The maximum atomic E-state index is 11.5. The fraction of sp³-hybridized carbons (Fsp3) is 0.444. The number of amides is 4. The van der Waals surface area contributed by atoms with Crippen LogP contribution >= 0.6 is 0 Å². The Morgan fingerprint density at radius 3 is 2.14 bits per heavy atom. The van der Waals surface area contributed by atoms with Crippen LogP contribution in [-0.4, -0.2) is 17.8 Å². The minimum atomic E-state index is -1.29. The highest BCUT2D eigenvalue weighted by molar-refractivity contribution is 6.19. The summed E-state index contributed by atoms with van der Waals surface area (Å²) in [4.78, 5) is 33.7. The number of carbonyl (C=O) groups is 3. The number of terminal acetylenes is 1. The van der Waals surface area contributed by atoms with Crippen LogP contribution in [0.15, 0.2) is 0 Å². The first-order chi connectivity index (χ1) is 6.56. The molecule has 74 valence electrons. The van der Waals surface area contributed by atoms with E-state index in [2.05, 4.69) is 5.92 Å². The van der Waals surface area contributed by atoms with Gasteiger partial charge >= 0.3 is 6.03 Å². The summed E-state index contributed by atoms with van der Waals surface area (Å²) in [5.74, 6) is 1.03. The lowest BCUT2D eigenvalue weighted by molar-refractivity contribution is -0.144. The number of nitrogens with one attached hydrogen (secondary N) is 2. The van der Waals surface area contributed by atoms with Crippen LogP contribution in [0.1, 0.15) is 19.8 Å². The van der Waals surface area contributed by atoms with Crippen molar-refractivity contribution in [3.63, 3.8) is 0 Å². The highest BCUT2D eigenvalue weighted by atomic mass is 16.2. The van der Waals surface area contributed by atoms with E-state index in [1.807, 2.05) is 10.6 Å². The number of rotatable bonds is 2. The van der Waals surface area contributed by atoms with Crippen molar-refractivity contribution in [2.75, 3.05) is 0 Å². The quantitative estimate of drug-likeness (QED) is 0.471. The van der Waals surface area contributed by atoms with Crippen LogP contribution in [0.2, 0.25) is 0 Å². The molecule has 1 fully saturated rings. The average molecular weight is 194 g/mol. The first-order valence-corrected chi connectivity index (χ1v) is 4.17. The van der Waals surface area contributed by atoms with Crippen LogP contribution in [0.25, 0.3) is 0 Å². The van der Waals surface area contributed by atoms with Crippen LogP contribution in [0.5, 0.6) is 0 Å². The molecule has 14 heavy (non-hydrogen) atoms. The summed E-state index contributed by atoms with van der Waals surface area (Å²) in [5.41, 5.74) is -1.29. The zero-order chi connectivity index (χ0) is 10.8. The zero-order valence-electron chi connectivity index (χ0n) is 7.72. The molecular formula is C9H10N2O3. The molecule has 0 unspecified atom stereocenters. The van der Waals surface area contributed by atoms with Crippen molar-refractivity contribution < 1.29 is 14.4 Å². The highest BCUT2D eigenvalue weighted by Crippen LogP contribution is 2.28. The van der Waals surface area contributed by atoms with E-state index in [0.29, 0.717) is 0 Å². The van der Waals surface area contributed by atoms with Crippen molar-refractivity contribution in [3.05, 3.63) is 0 Å². The zero-order valence-corrected chi connectivity index (χ0v) is 7.72. The molecule has 0 aliphatic carbocycles. The molecule has 0 atom stereocenters. The second-order valence-electron chi connectivity index (χ2n) is 3.05. The van der Waals surface area contributed by atoms with Gasteiger partial charge in [0.1, 0.15) is 5.41 Å². The summed E-state index contributed by atoms with van der Waals surface area (Å²) >= 11 is 0. The van der Waals surface area contributed by atoms with E-state index < -0.39 is 23.3 Å². The largest absolute Gasteiger partial charge is 0.328 e. The Hall–Kier alpha value is -1.83. The van der Waals surface area contributed by atoms with Crippen molar-refractivity contribution in [1.82, 2.24) is 10.6 Å². The SMILES string of the molecule is C#CCC1(CC)C(=O)NC(=O)NC1=O. The lowest BCUT2D eigenvalue weighted by atomic mass is 9.79. The summed E-state index contributed by atoms with van der Waals surface area (Å²) in [5, 5.41) is 4.06. The first kappa shape index (κ1) is 10.3. The Morgan fingerprint density at radius 2 is 1.79 bits per heavy atom. The topological polar surface area (TPSA) is 75.3 Å². The molecule has 1 aliphatic heterocycles. The van der Waals surface area contributed by atoms with Gasteiger partial charge in [0.25, 0.3) is 0 Å². The Balaban J connectivity index is 3.05. The highest BCUT2D eigenvalue weighted by Gasteiger charge is 2.48. The van der Waals surface area contributed by atoms with E-state index in [4.69, 9.17) is 6.42 Å². The molecule has 0 aromatic rings. The molecule has 0 spiro atoms. The van der Waals surface area contributed by atoms with Crippen LogP contribution < -0.4 is 10.6 Å². The Labute approximate surface area is 81.2 Å². The van der Waals surface area contributed by atoms with E-state index >= 15 is 0 Å². The van der Waals surface area contributed by atoms with Gasteiger partial charge in [-0.25, -0.2) is 4.79 Å². The minimum absolute atomic E-state index is 0.00551. The van der Waals surface area contributed by atoms with Gasteiger partial charge in [-0.3, -0.25) is 20.2 Å². The van der Waals surface area contributed by atoms with E-state index in [1.54, 1.807) is 6.92 Å². The molecule has 5 nitrogen and oxygen atoms in total. The molecule has 1 heterocycles. The van der Waals surface area contributed by atoms with E-state index in [-0.39, 0.29) is 12.8 Å². The monoisotopic (exact) mass is 194 g/mol. The van der Waals surface area contributed by atoms with Gasteiger partial charge in [0.05, 0.1) is 0 Å². The van der Waals surface area contributed by atoms with Crippen molar-refractivity contribution in [3.8, 4) is 12.3 Å². The van der Waals surface area contributed by atoms with Crippen LogP contribution in [0.4, 0.5) is 4.79 Å². The second kappa shape index (κ2) is 3.50. The lowest BCUT2D eigenvalue weighted by Gasteiger charge is -2.31. The normalized spacial score (nSPS) is 19.6. The predicted octanol–water partition coefficient (Wildman–Crippen LogP) is -0.228. The van der Waals surface area contributed by atoms with Crippen molar-refractivity contribution in [1.29, 1.82) is 0 Å². The number of urea groups is 1. The molecule has 5 heteroatoms. The van der Waals surface area contributed by atoms with Gasteiger partial charge in [-0.1, -0.05) is 6.92 Å². The van der Waals surface area contributed by atoms with Crippen LogP contribution in [0, 0.1) is 17.8 Å². The minimum Gasteiger partial charge on any atom is -0.277 e. The van der Waals surface area contributed by atoms with Gasteiger partial charge in [-0.05, 0) is 6.42 Å². The maximum Gasteiger partial charge on any atom is 0.328 e. The Kier molecular flexibility index (Phi) is 2.56. The fourth-order valence-corrected chi connectivity index (χ4v) is 1.36. The van der Waals surface area contributed by atoms with Gasteiger partial charge < -0.3 is 0 Å². The molecule has 0 radical (unpaired) electrons. The average Bonchev–Trinajstić information content (AvgIpc) is 2.11. The summed E-state index contributed by atoms with van der Waals surface area (Å²) in [6.45, 7) is 1.67. The van der Waals surface area contributed by atoms with E-state index in [0.717, 1.165) is 0 Å². The van der Waals surface area contributed by atoms with Crippen LogP contribution in [-0.2, 0) is 9.59 Å². The van der Waals surface area contributed by atoms with Crippen molar-refractivity contribution >= 4 is 17.8 Å². The number of barbiturate groups is 1. The van der Waals surface area contributed by atoms with Gasteiger partial charge in [0, 0.05) is 6.42 Å². The molecule has 1 rings (SSSR count). The predicted molar refractivity (Wildman–Crippen MR) is 47.9 cm³/mol. The van der Waals surface area contributed by atoms with Crippen molar-refractivity contribution in [2.45, 2.75) is 19.8 Å². The summed E-state index contributed by atoms with van der Waals surface area (Å²) in [6, 6.07) is -0.791. The van der Waals surface area contributed by atoms with Crippen LogP contribution in [0.3, 0.4) is 0 Å². The third kappa shape index (κ3) is 1.35. The lowest BCUT2D eigenvalue weighted by Crippen LogP contribution is -2.62. The molecule has 1 saturated heterocycles. The molecule has 2 N–H and O–H groups in total. The molecular weight excluding hydrogens is 184 g/mol. The van der Waals surface area contributed by atoms with Gasteiger partial charge in [-0.15, -0.1) is 12.3 Å². The number of hydrogen-bond acceptors (Lipinski definition) is 3. The van der Waals surface area contributed by atoms with Gasteiger partial charge in [0.15, 0.2) is 0 Å². The van der Waals surface area contributed by atoms with Crippen molar-refractivity contribution in [2.24, 2.45) is 5.41 Å². The molecule has 0 bridgehead atoms. The van der Waals surface area contributed by atoms with E-state index in [1.165, 1.54) is 0 Å². The molecule has 0 saturated carbocycles. The fourth-order valence-electron chi connectivity index (χ4n) is 1.36. The smallest absolute Gasteiger partial charge is 0.277 e. The standard InChI is InChI=1S/C9H10N2O3/c1-3-5-9(4-2)6(12)10-8(14)11-7(9)13/h1H,4-5H2,2H3,(H2,10,11,12,13,14). The number of carbonyl (C=O) groups excluding carboxylic acids is 3. The number of hydrogen-bond donors (Lipinski definition) is 2. The molecule has 0 aromatic heterocycles. The third-order valence-corrected chi connectivity index (χ3v) is 2.33. The Morgan fingerprint density at radius 1 is 1.29 bits per heavy atom. The van der Waals surface area contributed by atoms with E-state index in [9.17, 15) is 14.4 Å². The maximum absolute atomic E-state index is 11.5. The van der Waals surface area contributed by atoms with Gasteiger partial charge in [-0.2, -0.15) is 0 Å². The molecule has 4 amide bonds. The molecule has 0 aromatic carbocycles. The Bertz CT molecular complexity index is 320. The summed E-state index contributed by atoms with van der Waals surface area (Å²) < 4.78 is 0. The third-order valence-electron chi connectivity index (χ3n) is 2.33. The van der Waals surface area contributed by atoms with Gasteiger partial charge in [0.2, 0.25) is 11.8 Å². The first-order valence-electron chi connectivity index (χ1n) is 4.17. The number of imide groups is 2. The summed E-state index contributed by atoms with van der Waals surface area (Å²) in [7, 11) is 0. The second-order valence-corrected chi connectivity index (χ2v) is 3.05. The molecule has 1 aliphatic rings.